The van der Waals surface area contributed by atoms with Crippen molar-refractivity contribution in [1.29, 1.82) is 0 Å². The Hall–Kier alpha value is -1.22. The molecule has 2 N–H and O–H groups in total. The van der Waals surface area contributed by atoms with Gasteiger partial charge in [-0.1, -0.05) is 13.3 Å². The fraction of sp³-hybridized carbons (Fsp3) is 0.632. The summed E-state index contributed by atoms with van der Waals surface area (Å²) in [6.45, 7) is 8.00. The highest BCUT2D eigenvalue weighted by Gasteiger charge is 2.20. The van der Waals surface area contributed by atoms with Crippen LogP contribution in [0.2, 0.25) is 0 Å². The van der Waals surface area contributed by atoms with Crippen molar-refractivity contribution in [1.82, 2.24) is 10.2 Å². The predicted octanol–water partition coefficient (Wildman–Crippen LogP) is 3.57. The predicted molar refractivity (Wildman–Crippen MR) is 119 cm³/mol. The number of hydrogen-bond acceptors (Lipinski definition) is 4. The van der Waals surface area contributed by atoms with E-state index in [0.29, 0.717) is 12.6 Å². The summed E-state index contributed by atoms with van der Waals surface area (Å²) in [6.07, 6.45) is 3.86. The number of likely N-dealkylation sites (tertiary alicyclic amines) is 1. The van der Waals surface area contributed by atoms with Gasteiger partial charge >= 0.3 is 0 Å². The number of benzene rings is 1. The van der Waals surface area contributed by atoms with Gasteiger partial charge in [0.1, 0.15) is 0 Å². The number of anilines is 1. The maximum absolute atomic E-state index is 5.64. The molecule has 0 saturated carbocycles. The molecule has 1 unspecified atom stereocenters. The summed E-state index contributed by atoms with van der Waals surface area (Å²) in [7, 11) is 3.44. The molecule has 6 nitrogen and oxygen atoms in total. The van der Waals surface area contributed by atoms with E-state index in [-0.39, 0.29) is 24.0 Å². The molecule has 0 bridgehead atoms. The Kier molecular flexibility index (Phi) is 10.7. The second kappa shape index (κ2) is 12.2. The average molecular weight is 476 g/mol. The molecule has 0 radical (unpaired) electrons. The lowest BCUT2D eigenvalue weighted by Gasteiger charge is -2.35. The van der Waals surface area contributed by atoms with Crippen LogP contribution in [0.25, 0.3) is 0 Å². The minimum absolute atomic E-state index is 0. The molecule has 1 atom stereocenters. The third-order valence-electron chi connectivity index (χ3n) is 4.61. The summed E-state index contributed by atoms with van der Waals surface area (Å²) in [5, 5.41) is 6.79. The lowest BCUT2D eigenvalue weighted by Crippen LogP contribution is -2.47. The van der Waals surface area contributed by atoms with Crippen molar-refractivity contribution in [2.75, 3.05) is 45.7 Å². The Bertz CT molecular complexity index is 568. The zero-order chi connectivity index (χ0) is 18.1. The highest BCUT2D eigenvalue weighted by Crippen LogP contribution is 2.30. The van der Waals surface area contributed by atoms with Crippen molar-refractivity contribution in [3.8, 4) is 11.5 Å². The molecule has 1 aliphatic rings. The highest BCUT2D eigenvalue weighted by molar-refractivity contribution is 14.0. The molecular formula is C19H33IN4O2. The molecule has 0 spiro atoms. The fourth-order valence-electron chi connectivity index (χ4n) is 3.26. The Labute approximate surface area is 174 Å². The number of ether oxygens (including phenoxy) is 2. The number of guanidine groups is 1. The summed E-state index contributed by atoms with van der Waals surface area (Å²) < 4.78 is 11.0. The highest BCUT2D eigenvalue weighted by atomic mass is 127. The smallest absolute Gasteiger partial charge is 0.195 e. The first-order valence-electron chi connectivity index (χ1n) is 9.24. The normalized spacial score (nSPS) is 18.0. The quantitative estimate of drug-likeness (QED) is 0.358. The summed E-state index contributed by atoms with van der Waals surface area (Å²) >= 11 is 0. The Morgan fingerprint density at radius 3 is 2.73 bits per heavy atom. The second-order valence-corrected chi connectivity index (χ2v) is 6.15. The van der Waals surface area contributed by atoms with Crippen LogP contribution in [0.5, 0.6) is 11.5 Å². The van der Waals surface area contributed by atoms with Crippen molar-refractivity contribution in [3.63, 3.8) is 0 Å². The van der Waals surface area contributed by atoms with Gasteiger partial charge < -0.3 is 20.1 Å². The first-order valence-corrected chi connectivity index (χ1v) is 9.24. The van der Waals surface area contributed by atoms with Crippen molar-refractivity contribution in [2.24, 2.45) is 4.99 Å². The number of nitrogens with zero attached hydrogens (tertiary/aromatic N) is 2. The van der Waals surface area contributed by atoms with Gasteiger partial charge in [0.05, 0.1) is 13.7 Å². The van der Waals surface area contributed by atoms with Crippen LogP contribution in [0.15, 0.2) is 23.2 Å². The summed E-state index contributed by atoms with van der Waals surface area (Å²) in [5.74, 6) is 2.24. The first-order chi connectivity index (χ1) is 12.2. The number of piperidine rings is 1. The van der Waals surface area contributed by atoms with Crippen LogP contribution in [-0.2, 0) is 0 Å². The van der Waals surface area contributed by atoms with E-state index in [2.05, 4.69) is 27.4 Å². The van der Waals surface area contributed by atoms with Crippen LogP contribution >= 0.6 is 24.0 Å². The molecule has 0 amide bonds. The fourth-order valence-corrected chi connectivity index (χ4v) is 3.26. The maximum Gasteiger partial charge on any atom is 0.195 e. The van der Waals surface area contributed by atoms with Crippen molar-refractivity contribution in [2.45, 2.75) is 39.2 Å². The molecule has 1 aromatic rings. The zero-order valence-electron chi connectivity index (χ0n) is 16.4. The average Bonchev–Trinajstić information content (AvgIpc) is 2.65. The monoisotopic (exact) mass is 476 g/mol. The van der Waals surface area contributed by atoms with E-state index in [1.54, 1.807) is 14.2 Å². The Morgan fingerprint density at radius 2 is 2.08 bits per heavy atom. The molecule has 1 fully saturated rings. The molecule has 1 saturated heterocycles. The maximum atomic E-state index is 5.64. The van der Waals surface area contributed by atoms with Crippen molar-refractivity contribution < 1.29 is 9.47 Å². The molecule has 0 aromatic heterocycles. The number of aliphatic imine (C=N–C) groups is 1. The summed E-state index contributed by atoms with van der Waals surface area (Å²) in [6, 6.07) is 6.38. The largest absolute Gasteiger partial charge is 0.493 e. The van der Waals surface area contributed by atoms with E-state index >= 15 is 0 Å². The van der Waals surface area contributed by atoms with Crippen molar-refractivity contribution in [3.05, 3.63) is 18.2 Å². The van der Waals surface area contributed by atoms with Gasteiger partial charge in [0.25, 0.3) is 0 Å². The molecule has 26 heavy (non-hydrogen) atoms. The van der Waals surface area contributed by atoms with Crippen LogP contribution in [0, 0.1) is 0 Å². The van der Waals surface area contributed by atoms with Gasteiger partial charge in [-0.05, 0) is 45.0 Å². The third-order valence-corrected chi connectivity index (χ3v) is 4.61. The lowest BCUT2D eigenvalue weighted by atomic mass is 10.0. The number of likely N-dealkylation sites (N-methyl/N-ethyl adjacent to an activating group) is 1. The molecule has 7 heteroatoms. The SMILES string of the molecule is CCOc1cc(NC(=NC)NCC2CCCCN2CC)ccc1OC.I. The number of halogens is 1. The third kappa shape index (κ3) is 6.50. The van der Waals surface area contributed by atoms with Crippen LogP contribution in [0.1, 0.15) is 33.1 Å². The van der Waals surface area contributed by atoms with Crippen LogP contribution in [0.4, 0.5) is 5.69 Å². The van der Waals surface area contributed by atoms with E-state index in [1.807, 2.05) is 25.1 Å². The van der Waals surface area contributed by atoms with Gasteiger partial charge in [0.15, 0.2) is 17.5 Å². The van der Waals surface area contributed by atoms with E-state index in [0.717, 1.165) is 36.2 Å². The van der Waals surface area contributed by atoms with Gasteiger partial charge in [0.2, 0.25) is 0 Å². The molecular weight excluding hydrogens is 443 g/mol. The number of rotatable bonds is 7. The van der Waals surface area contributed by atoms with Gasteiger partial charge in [-0.25, -0.2) is 0 Å². The zero-order valence-corrected chi connectivity index (χ0v) is 18.7. The molecule has 148 valence electrons. The van der Waals surface area contributed by atoms with E-state index in [9.17, 15) is 0 Å². The van der Waals surface area contributed by atoms with Crippen LogP contribution in [-0.4, -0.2) is 57.3 Å². The van der Waals surface area contributed by atoms with Crippen molar-refractivity contribution >= 4 is 35.6 Å². The van der Waals surface area contributed by atoms with Gasteiger partial charge in [-0.2, -0.15) is 0 Å². The lowest BCUT2D eigenvalue weighted by molar-refractivity contribution is 0.157. The molecule has 1 aromatic carbocycles. The second-order valence-electron chi connectivity index (χ2n) is 6.15. The number of nitrogens with one attached hydrogen (secondary N) is 2. The van der Waals surface area contributed by atoms with Crippen LogP contribution in [0.3, 0.4) is 0 Å². The standard InChI is InChI=1S/C19H32N4O2.HI/c1-5-23-12-8-7-9-16(23)14-21-19(20-3)22-15-10-11-17(24-4)18(13-15)25-6-2;/h10-11,13,16H,5-9,12,14H2,1-4H3,(H2,20,21,22);1H. The Balaban J connectivity index is 0.00000338. The minimum Gasteiger partial charge on any atom is -0.493 e. The molecule has 1 aliphatic heterocycles. The Morgan fingerprint density at radius 1 is 1.27 bits per heavy atom. The van der Waals surface area contributed by atoms with Gasteiger partial charge in [-0.15, -0.1) is 24.0 Å². The van der Waals surface area contributed by atoms with E-state index < -0.39 is 0 Å². The first kappa shape index (κ1) is 22.8. The number of methoxy groups -OCH3 is 1. The molecule has 1 heterocycles. The van der Waals surface area contributed by atoms with E-state index in [1.165, 1.54) is 25.8 Å². The topological polar surface area (TPSA) is 58.1 Å². The number of hydrogen-bond donors (Lipinski definition) is 2. The summed E-state index contributed by atoms with van der Waals surface area (Å²) in [4.78, 5) is 6.89. The van der Waals surface area contributed by atoms with Gasteiger partial charge in [-0.3, -0.25) is 9.89 Å². The molecule has 0 aliphatic carbocycles. The van der Waals surface area contributed by atoms with Crippen LogP contribution < -0.4 is 20.1 Å². The van der Waals surface area contributed by atoms with Gasteiger partial charge in [0, 0.05) is 31.4 Å². The van der Waals surface area contributed by atoms with E-state index in [4.69, 9.17) is 9.47 Å². The molecule has 2 rings (SSSR count). The minimum atomic E-state index is 0. The summed E-state index contributed by atoms with van der Waals surface area (Å²) in [5.41, 5.74) is 0.924.